The van der Waals surface area contributed by atoms with Crippen LogP contribution in [0.1, 0.15) is 28.7 Å². The topological polar surface area (TPSA) is 72.0 Å². The van der Waals surface area contributed by atoms with Crippen LogP contribution in [0.4, 0.5) is 5.69 Å². The Bertz CT molecular complexity index is 890. The number of rotatable bonds is 6. The summed E-state index contributed by atoms with van der Waals surface area (Å²) in [5.41, 5.74) is 3.13. The van der Waals surface area contributed by atoms with Crippen LogP contribution in [0.3, 0.4) is 0 Å². The molecule has 0 bridgehead atoms. The smallest absolute Gasteiger partial charge is 0.224 e. The highest BCUT2D eigenvalue weighted by molar-refractivity contribution is 7.09. The first-order chi connectivity index (χ1) is 12.1. The summed E-state index contributed by atoms with van der Waals surface area (Å²) in [7, 11) is 0. The van der Waals surface area contributed by atoms with Crippen LogP contribution in [-0.2, 0) is 11.2 Å². The van der Waals surface area contributed by atoms with Gasteiger partial charge < -0.3 is 5.32 Å². The largest absolute Gasteiger partial charge is 0.326 e. The Morgan fingerprint density at radius 3 is 2.72 bits per heavy atom. The van der Waals surface area contributed by atoms with Crippen LogP contribution in [0.15, 0.2) is 54.2 Å². The summed E-state index contributed by atoms with van der Waals surface area (Å²) in [6.07, 6.45) is 4.38. The van der Waals surface area contributed by atoms with E-state index in [1.54, 1.807) is 48.0 Å². The van der Waals surface area contributed by atoms with Gasteiger partial charge in [-0.15, -0.1) is 11.3 Å². The Kier molecular flexibility index (Phi) is 5.30. The predicted octanol–water partition coefficient (Wildman–Crippen LogP) is 3.98. The molecule has 2 heterocycles. The quantitative estimate of drug-likeness (QED) is 0.682. The Morgan fingerprint density at radius 2 is 1.96 bits per heavy atom. The van der Waals surface area contributed by atoms with E-state index in [9.17, 15) is 9.59 Å². The van der Waals surface area contributed by atoms with E-state index in [1.807, 2.05) is 17.5 Å². The van der Waals surface area contributed by atoms with Crippen molar-refractivity contribution in [2.45, 2.75) is 19.8 Å². The summed E-state index contributed by atoms with van der Waals surface area (Å²) in [5.74, 6) is -0.121. The molecule has 0 aliphatic carbocycles. The monoisotopic (exact) mass is 351 g/mol. The number of ketones is 1. The second-order valence-corrected chi connectivity index (χ2v) is 6.49. The summed E-state index contributed by atoms with van der Waals surface area (Å²) in [5, 5.41) is 5.72. The lowest BCUT2D eigenvalue weighted by Crippen LogP contribution is -2.12. The maximum Gasteiger partial charge on any atom is 0.224 e. The third-order valence-electron chi connectivity index (χ3n) is 3.65. The number of carbonyl (C=O) groups excluding carboxylic acids is 2. The van der Waals surface area contributed by atoms with Crippen molar-refractivity contribution >= 4 is 28.7 Å². The van der Waals surface area contributed by atoms with Crippen molar-refractivity contribution in [3.05, 3.63) is 64.7 Å². The third-order valence-corrected chi connectivity index (χ3v) is 4.56. The molecule has 3 aromatic rings. The first-order valence-electron chi connectivity index (χ1n) is 7.87. The zero-order valence-electron chi connectivity index (χ0n) is 13.7. The van der Waals surface area contributed by atoms with Crippen LogP contribution in [0.25, 0.3) is 11.3 Å². The molecule has 0 atom stereocenters. The molecule has 6 heteroatoms. The second kappa shape index (κ2) is 7.81. The number of nitrogens with one attached hydrogen (secondary N) is 1. The van der Waals surface area contributed by atoms with E-state index in [0.29, 0.717) is 24.1 Å². The summed E-state index contributed by atoms with van der Waals surface area (Å²) < 4.78 is 0. The van der Waals surface area contributed by atoms with Crippen molar-refractivity contribution in [2.75, 3.05) is 5.32 Å². The van der Waals surface area contributed by atoms with E-state index in [4.69, 9.17) is 0 Å². The molecule has 0 saturated heterocycles. The fourth-order valence-electron chi connectivity index (χ4n) is 2.34. The maximum atomic E-state index is 12.1. The first-order valence-corrected chi connectivity index (χ1v) is 8.75. The Labute approximate surface area is 149 Å². The van der Waals surface area contributed by atoms with Gasteiger partial charge in [-0.05, 0) is 31.2 Å². The highest BCUT2D eigenvalue weighted by Gasteiger charge is 2.08. The zero-order valence-corrected chi connectivity index (χ0v) is 14.5. The van der Waals surface area contributed by atoms with Crippen molar-refractivity contribution < 1.29 is 9.59 Å². The van der Waals surface area contributed by atoms with Gasteiger partial charge >= 0.3 is 0 Å². The lowest BCUT2D eigenvalue weighted by molar-refractivity contribution is -0.116. The van der Waals surface area contributed by atoms with Gasteiger partial charge in [0.15, 0.2) is 5.78 Å². The Morgan fingerprint density at radius 1 is 1.16 bits per heavy atom. The van der Waals surface area contributed by atoms with E-state index in [1.165, 1.54) is 6.92 Å². The average Bonchev–Trinajstić information content (AvgIpc) is 3.10. The van der Waals surface area contributed by atoms with E-state index >= 15 is 0 Å². The van der Waals surface area contributed by atoms with Crippen molar-refractivity contribution in [3.63, 3.8) is 0 Å². The van der Waals surface area contributed by atoms with E-state index in [2.05, 4.69) is 15.3 Å². The predicted molar refractivity (Wildman–Crippen MR) is 98.7 cm³/mol. The number of anilines is 1. The van der Waals surface area contributed by atoms with Gasteiger partial charge in [0.05, 0.1) is 10.7 Å². The minimum atomic E-state index is -0.0960. The summed E-state index contributed by atoms with van der Waals surface area (Å²) in [6, 6.07) is 10.8. The number of thiazole rings is 1. The highest BCUT2D eigenvalue weighted by atomic mass is 32.1. The molecule has 0 radical (unpaired) electrons. The summed E-state index contributed by atoms with van der Waals surface area (Å²) >= 11 is 1.54. The van der Waals surface area contributed by atoms with E-state index < -0.39 is 0 Å². The molecule has 0 fully saturated rings. The van der Waals surface area contributed by atoms with E-state index in [0.717, 1.165) is 16.3 Å². The molecule has 0 unspecified atom stereocenters. The average molecular weight is 351 g/mol. The number of nitrogens with zero attached hydrogens (tertiary/aromatic N) is 2. The fourth-order valence-corrected chi connectivity index (χ4v) is 3.15. The molecular formula is C19H17N3O2S. The van der Waals surface area contributed by atoms with Crippen molar-refractivity contribution in [1.82, 2.24) is 9.97 Å². The summed E-state index contributed by atoms with van der Waals surface area (Å²) in [4.78, 5) is 32.1. The van der Waals surface area contributed by atoms with Gasteiger partial charge in [-0.3, -0.25) is 14.6 Å². The first kappa shape index (κ1) is 17.0. The van der Waals surface area contributed by atoms with Crippen molar-refractivity contribution in [1.29, 1.82) is 0 Å². The van der Waals surface area contributed by atoms with E-state index in [-0.39, 0.29) is 11.7 Å². The number of Topliss-reactive ketones (excluding diaryl/α,β-unsaturated/α-hetero) is 1. The number of aryl methyl sites for hydroxylation is 1. The minimum absolute atomic E-state index is 0.0254. The molecule has 1 N–H and O–H groups in total. The molecule has 126 valence electrons. The van der Waals surface area contributed by atoms with Crippen LogP contribution in [0.5, 0.6) is 0 Å². The molecular weight excluding hydrogens is 334 g/mol. The van der Waals surface area contributed by atoms with Crippen LogP contribution in [-0.4, -0.2) is 21.7 Å². The van der Waals surface area contributed by atoms with Gasteiger partial charge in [-0.25, -0.2) is 4.98 Å². The molecule has 0 saturated carbocycles. The fraction of sp³-hybridized carbons (Fsp3) is 0.158. The molecule has 2 aromatic heterocycles. The summed E-state index contributed by atoms with van der Waals surface area (Å²) in [6.45, 7) is 1.50. The normalized spacial score (nSPS) is 10.4. The molecule has 5 nitrogen and oxygen atoms in total. The van der Waals surface area contributed by atoms with Crippen molar-refractivity contribution in [2.24, 2.45) is 0 Å². The van der Waals surface area contributed by atoms with Crippen LogP contribution < -0.4 is 5.32 Å². The maximum absolute atomic E-state index is 12.1. The Hall–Kier alpha value is -2.86. The number of benzene rings is 1. The number of carbonyl (C=O) groups is 2. The standard InChI is InChI=1S/C19H17N3O2S/c1-13(23)15-3-2-4-16(11-15)21-18(24)5-6-19-22-17(12-25-19)14-7-9-20-10-8-14/h2-4,7-12H,5-6H2,1H3,(H,21,24). The lowest BCUT2D eigenvalue weighted by atomic mass is 10.1. The molecule has 3 rings (SSSR count). The SMILES string of the molecule is CC(=O)c1cccc(NC(=O)CCc2nc(-c3ccncc3)cs2)c1. The highest BCUT2D eigenvalue weighted by Crippen LogP contribution is 2.22. The Balaban J connectivity index is 1.57. The van der Waals surface area contributed by atoms with Crippen molar-refractivity contribution in [3.8, 4) is 11.3 Å². The van der Waals surface area contributed by atoms with Gasteiger partial charge in [-0.1, -0.05) is 12.1 Å². The zero-order chi connectivity index (χ0) is 17.6. The molecule has 0 aliphatic heterocycles. The second-order valence-electron chi connectivity index (χ2n) is 5.55. The number of amides is 1. The van der Waals surface area contributed by atoms with Crippen LogP contribution >= 0.6 is 11.3 Å². The van der Waals surface area contributed by atoms with Gasteiger partial charge in [0.25, 0.3) is 0 Å². The minimum Gasteiger partial charge on any atom is -0.326 e. The third kappa shape index (κ3) is 4.58. The molecule has 0 aliphatic rings. The van der Waals surface area contributed by atoms with Gasteiger partial charge in [0.2, 0.25) is 5.91 Å². The molecule has 1 amide bonds. The lowest BCUT2D eigenvalue weighted by Gasteiger charge is -2.05. The number of aromatic nitrogens is 2. The van der Waals surface area contributed by atoms with Gasteiger partial charge in [0, 0.05) is 47.4 Å². The molecule has 1 aromatic carbocycles. The van der Waals surface area contributed by atoms with Gasteiger partial charge in [0.1, 0.15) is 0 Å². The molecule has 25 heavy (non-hydrogen) atoms. The van der Waals surface area contributed by atoms with Crippen LogP contribution in [0, 0.1) is 0 Å². The molecule has 0 spiro atoms. The van der Waals surface area contributed by atoms with Gasteiger partial charge in [-0.2, -0.15) is 0 Å². The van der Waals surface area contributed by atoms with Crippen LogP contribution in [0.2, 0.25) is 0 Å². The number of pyridine rings is 1. The number of hydrogen-bond donors (Lipinski definition) is 1. The number of hydrogen-bond acceptors (Lipinski definition) is 5.